The minimum Gasteiger partial charge on any atom is -0.489 e. The molecule has 2 heterocycles. The van der Waals surface area contributed by atoms with Crippen LogP contribution in [0.3, 0.4) is 0 Å². The molecule has 1 saturated heterocycles. The molecule has 0 radical (unpaired) electrons. The number of halogens is 1. The molecule has 158 valence electrons. The van der Waals surface area contributed by atoms with Crippen molar-refractivity contribution in [3.8, 4) is 5.75 Å². The fourth-order valence-corrected chi connectivity index (χ4v) is 3.69. The number of carbonyl (C=O) groups excluding carboxylic acids is 1. The Hall–Kier alpha value is -2.83. The molecule has 0 unspecified atom stereocenters. The number of amides is 1. The summed E-state index contributed by atoms with van der Waals surface area (Å²) in [5, 5.41) is 10.7. The lowest BCUT2D eigenvalue weighted by molar-refractivity contribution is -0.125. The van der Waals surface area contributed by atoms with Crippen LogP contribution in [0.1, 0.15) is 22.6 Å². The molecule has 0 aliphatic carbocycles. The summed E-state index contributed by atoms with van der Waals surface area (Å²) in [5.74, 6) is 1.04. The second-order valence-electron chi connectivity index (χ2n) is 7.45. The lowest BCUT2D eigenvalue weighted by Crippen LogP contribution is -2.33. The minimum absolute atomic E-state index is 0. The van der Waals surface area contributed by atoms with Gasteiger partial charge in [0.25, 0.3) is 0 Å². The fourth-order valence-electron chi connectivity index (χ4n) is 3.69. The maximum absolute atomic E-state index is 12.7. The average molecular weight is 427 g/mol. The molecule has 2 atom stereocenters. The van der Waals surface area contributed by atoms with E-state index in [9.17, 15) is 4.79 Å². The quantitative estimate of drug-likeness (QED) is 0.609. The van der Waals surface area contributed by atoms with E-state index in [1.807, 2.05) is 74.0 Å². The summed E-state index contributed by atoms with van der Waals surface area (Å²) in [5.41, 5.74) is 3.28. The van der Waals surface area contributed by atoms with Crippen LogP contribution in [0.5, 0.6) is 5.75 Å². The van der Waals surface area contributed by atoms with Crippen molar-refractivity contribution in [2.75, 3.05) is 13.1 Å². The van der Waals surface area contributed by atoms with Crippen LogP contribution in [0, 0.1) is 5.92 Å². The zero-order valence-corrected chi connectivity index (χ0v) is 17.8. The van der Waals surface area contributed by atoms with Crippen LogP contribution in [0.4, 0.5) is 0 Å². The zero-order chi connectivity index (χ0) is 20.1. The highest BCUT2D eigenvalue weighted by atomic mass is 35.5. The average Bonchev–Trinajstić information content (AvgIpc) is 3.41. The molecular formula is C23H27ClN4O2. The number of hydrogen-bond donors (Lipinski definition) is 2. The zero-order valence-electron chi connectivity index (χ0n) is 17.0. The molecule has 1 aliphatic heterocycles. The normalized spacial score (nSPS) is 17.9. The lowest BCUT2D eigenvalue weighted by Gasteiger charge is -2.17. The SMILES string of the molecule is Cl.Cn1cc([C@H]2CNC[C@@H]2C(=O)NCc2ccc(COc3ccccc3)cc2)cn1. The van der Waals surface area contributed by atoms with Crippen LogP contribution in [-0.2, 0) is 25.0 Å². The molecule has 1 aromatic heterocycles. The minimum atomic E-state index is -0.0715. The monoisotopic (exact) mass is 426 g/mol. The van der Waals surface area contributed by atoms with Crippen molar-refractivity contribution in [3.05, 3.63) is 83.7 Å². The highest BCUT2D eigenvalue weighted by molar-refractivity contribution is 5.85. The number of rotatable bonds is 7. The van der Waals surface area contributed by atoms with Gasteiger partial charge in [-0.15, -0.1) is 12.4 Å². The van der Waals surface area contributed by atoms with Gasteiger partial charge in [0.1, 0.15) is 12.4 Å². The van der Waals surface area contributed by atoms with Gasteiger partial charge in [-0.25, -0.2) is 0 Å². The Bertz CT molecular complexity index is 943. The first-order chi connectivity index (χ1) is 14.2. The van der Waals surface area contributed by atoms with Crippen molar-refractivity contribution in [3.63, 3.8) is 0 Å². The van der Waals surface area contributed by atoms with Gasteiger partial charge in [0.05, 0.1) is 12.1 Å². The van der Waals surface area contributed by atoms with Gasteiger partial charge >= 0.3 is 0 Å². The molecule has 1 amide bonds. The fraction of sp³-hybridized carbons (Fsp3) is 0.304. The lowest BCUT2D eigenvalue weighted by atomic mass is 9.90. The molecule has 1 fully saturated rings. The van der Waals surface area contributed by atoms with Crippen molar-refractivity contribution >= 4 is 18.3 Å². The largest absolute Gasteiger partial charge is 0.489 e. The van der Waals surface area contributed by atoms with E-state index in [1.165, 1.54) is 0 Å². The number of ether oxygens (including phenoxy) is 1. The number of para-hydroxylation sites is 1. The van der Waals surface area contributed by atoms with E-state index in [0.29, 0.717) is 19.7 Å². The van der Waals surface area contributed by atoms with Gasteiger partial charge < -0.3 is 15.4 Å². The van der Waals surface area contributed by atoms with E-state index in [2.05, 4.69) is 15.7 Å². The van der Waals surface area contributed by atoms with Gasteiger partial charge in [0, 0.05) is 38.8 Å². The maximum Gasteiger partial charge on any atom is 0.225 e. The predicted molar refractivity (Wildman–Crippen MR) is 119 cm³/mol. The van der Waals surface area contributed by atoms with Crippen LogP contribution in [0.2, 0.25) is 0 Å². The van der Waals surface area contributed by atoms with Crippen LogP contribution >= 0.6 is 12.4 Å². The Balaban J connectivity index is 0.00000256. The Morgan fingerprint density at radius 3 is 2.57 bits per heavy atom. The molecule has 0 saturated carbocycles. The van der Waals surface area contributed by atoms with E-state index >= 15 is 0 Å². The first-order valence-corrected chi connectivity index (χ1v) is 9.91. The molecule has 0 bridgehead atoms. The second-order valence-corrected chi connectivity index (χ2v) is 7.45. The summed E-state index contributed by atoms with van der Waals surface area (Å²) in [4.78, 5) is 12.7. The summed E-state index contributed by atoms with van der Waals surface area (Å²) < 4.78 is 7.55. The Morgan fingerprint density at radius 2 is 1.87 bits per heavy atom. The van der Waals surface area contributed by atoms with E-state index < -0.39 is 0 Å². The number of aromatic nitrogens is 2. The summed E-state index contributed by atoms with van der Waals surface area (Å²) >= 11 is 0. The van der Waals surface area contributed by atoms with Crippen LogP contribution in [0.25, 0.3) is 0 Å². The van der Waals surface area contributed by atoms with Crippen molar-refractivity contribution in [1.29, 1.82) is 0 Å². The molecule has 2 N–H and O–H groups in total. The molecule has 3 aromatic rings. The van der Waals surface area contributed by atoms with Gasteiger partial charge in [-0.1, -0.05) is 42.5 Å². The molecule has 1 aliphatic rings. The van der Waals surface area contributed by atoms with Gasteiger partial charge in [-0.2, -0.15) is 5.10 Å². The van der Waals surface area contributed by atoms with E-state index in [1.54, 1.807) is 4.68 Å². The number of aryl methyl sites for hydroxylation is 1. The van der Waals surface area contributed by atoms with E-state index in [-0.39, 0.29) is 30.2 Å². The maximum atomic E-state index is 12.7. The smallest absolute Gasteiger partial charge is 0.225 e. The van der Waals surface area contributed by atoms with Crippen molar-refractivity contribution in [1.82, 2.24) is 20.4 Å². The summed E-state index contributed by atoms with van der Waals surface area (Å²) in [6.45, 7) is 2.55. The van der Waals surface area contributed by atoms with Gasteiger partial charge in [-0.3, -0.25) is 9.48 Å². The number of hydrogen-bond acceptors (Lipinski definition) is 4. The van der Waals surface area contributed by atoms with Crippen molar-refractivity contribution in [2.45, 2.75) is 19.1 Å². The molecule has 30 heavy (non-hydrogen) atoms. The second kappa shape index (κ2) is 10.3. The van der Waals surface area contributed by atoms with Gasteiger partial charge in [-0.05, 0) is 28.8 Å². The number of nitrogens with zero attached hydrogens (tertiary/aromatic N) is 2. The third-order valence-corrected chi connectivity index (χ3v) is 5.34. The van der Waals surface area contributed by atoms with Gasteiger partial charge in [0.15, 0.2) is 0 Å². The van der Waals surface area contributed by atoms with Crippen LogP contribution in [0.15, 0.2) is 67.0 Å². The van der Waals surface area contributed by atoms with Crippen LogP contribution in [-0.4, -0.2) is 28.8 Å². The number of carbonyl (C=O) groups is 1. The van der Waals surface area contributed by atoms with Crippen LogP contribution < -0.4 is 15.4 Å². The topological polar surface area (TPSA) is 68.2 Å². The highest BCUT2D eigenvalue weighted by Crippen LogP contribution is 2.28. The van der Waals surface area contributed by atoms with Crippen molar-refractivity contribution < 1.29 is 9.53 Å². The first kappa shape index (κ1) is 21.9. The molecular weight excluding hydrogens is 400 g/mol. The molecule has 2 aromatic carbocycles. The summed E-state index contributed by atoms with van der Waals surface area (Å²) in [6.07, 6.45) is 3.85. The number of benzene rings is 2. The first-order valence-electron chi connectivity index (χ1n) is 9.91. The van der Waals surface area contributed by atoms with E-state index in [0.717, 1.165) is 29.0 Å². The molecule has 4 rings (SSSR count). The Labute approximate surface area is 183 Å². The third-order valence-electron chi connectivity index (χ3n) is 5.34. The molecule has 0 spiro atoms. The third kappa shape index (κ3) is 5.40. The standard InChI is InChI=1S/C23H26N4O2.ClH/c1-27-15-19(12-26-27)21-13-24-14-22(21)23(28)25-11-17-7-9-18(10-8-17)16-29-20-5-3-2-4-6-20;/h2-10,12,15,21-22,24H,11,13-14,16H2,1H3,(H,25,28);1H/t21-,22+;/m1./s1. The Kier molecular flexibility index (Phi) is 7.49. The summed E-state index contributed by atoms with van der Waals surface area (Å²) in [6, 6.07) is 17.9. The molecule has 7 heteroatoms. The highest BCUT2D eigenvalue weighted by Gasteiger charge is 2.34. The van der Waals surface area contributed by atoms with E-state index in [4.69, 9.17) is 4.74 Å². The van der Waals surface area contributed by atoms with Gasteiger partial charge in [0.2, 0.25) is 5.91 Å². The molecule has 6 nitrogen and oxygen atoms in total. The van der Waals surface area contributed by atoms with Crippen molar-refractivity contribution in [2.24, 2.45) is 13.0 Å². The summed E-state index contributed by atoms with van der Waals surface area (Å²) in [7, 11) is 1.90. The number of nitrogens with one attached hydrogen (secondary N) is 2. The Morgan fingerprint density at radius 1 is 1.13 bits per heavy atom. The predicted octanol–water partition coefficient (Wildman–Crippen LogP) is 3.04.